The summed E-state index contributed by atoms with van der Waals surface area (Å²) in [7, 11) is 1.72. The molecule has 0 bridgehead atoms. The van der Waals surface area contributed by atoms with Crippen molar-refractivity contribution < 1.29 is 9.47 Å². The van der Waals surface area contributed by atoms with Crippen LogP contribution < -0.4 is 10.1 Å². The monoisotopic (exact) mass is 349 g/mol. The highest BCUT2D eigenvalue weighted by atomic mass is 79.9. The zero-order valence-electron chi connectivity index (χ0n) is 12.1. The van der Waals surface area contributed by atoms with E-state index in [-0.39, 0.29) is 0 Å². The van der Waals surface area contributed by atoms with Crippen LogP contribution in [0.4, 0.5) is 5.69 Å². The molecule has 0 fully saturated rings. The SMILES string of the molecule is COCCc1ccccc1NCCOc1ccc(Br)cc1. The highest BCUT2D eigenvalue weighted by Gasteiger charge is 2.01. The largest absolute Gasteiger partial charge is 0.492 e. The normalized spacial score (nSPS) is 10.4. The molecule has 0 radical (unpaired) electrons. The fraction of sp³-hybridized carbons (Fsp3) is 0.294. The predicted molar refractivity (Wildman–Crippen MR) is 90.1 cm³/mol. The molecule has 0 aliphatic carbocycles. The van der Waals surface area contributed by atoms with Crippen LogP contribution in [0.15, 0.2) is 53.0 Å². The number of halogens is 1. The lowest BCUT2D eigenvalue weighted by molar-refractivity contribution is 0.202. The molecule has 0 saturated carbocycles. The van der Waals surface area contributed by atoms with Gasteiger partial charge in [-0.15, -0.1) is 0 Å². The molecule has 112 valence electrons. The van der Waals surface area contributed by atoms with Crippen molar-refractivity contribution >= 4 is 21.6 Å². The van der Waals surface area contributed by atoms with Gasteiger partial charge in [-0.1, -0.05) is 34.1 Å². The molecule has 2 rings (SSSR count). The lowest BCUT2D eigenvalue weighted by Gasteiger charge is -2.12. The summed E-state index contributed by atoms with van der Waals surface area (Å²) in [6, 6.07) is 16.2. The molecule has 0 saturated heterocycles. The van der Waals surface area contributed by atoms with Crippen molar-refractivity contribution in [2.24, 2.45) is 0 Å². The quantitative estimate of drug-likeness (QED) is 0.727. The molecule has 0 aromatic heterocycles. The average molecular weight is 350 g/mol. The molecule has 0 aliphatic rings. The third-order valence-electron chi connectivity index (χ3n) is 3.09. The van der Waals surface area contributed by atoms with Gasteiger partial charge in [0.25, 0.3) is 0 Å². The molecular weight excluding hydrogens is 330 g/mol. The summed E-state index contributed by atoms with van der Waals surface area (Å²) in [5, 5.41) is 3.41. The summed E-state index contributed by atoms with van der Waals surface area (Å²) >= 11 is 3.41. The van der Waals surface area contributed by atoms with Crippen molar-refractivity contribution in [3.05, 3.63) is 58.6 Å². The van der Waals surface area contributed by atoms with Crippen molar-refractivity contribution in [1.29, 1.82) is 0 Å². The van der Waals surface area contributed by atoms with Crippen LogP contribution in [0.25, 0.3) is 0 Å². The van der Waals surface area contributed by atoms with E-state index in [0.717, 1.165) is 35.5 Å². The number of rotatable bonds is 8. The smallest absolute Gasteiger partial charge is 0.119 e. The number of benzene rings is 2. The molecule has 1 N–H and O–H groups in total. The second-order valence-corrected chi connectivity index (χ2v) is 5.54. The first-order valence-electron chi connectivity index (χ1n) is 6.98. The van der Waals surface area contributed by atoms with Crippen LogP contribution in [0.1, 0.15) is 5.56 Å². The minimum Gasteiger partial charge on any atom is -0.492 e. The number of ether oxygens (including phenoxy) is 2. The molecule has 0 aliphatic heterocycles. The van der Waals surface area contributed by atoms with E-state index in [4.69, 9.17) is 9.47 Å². The Balaban J connectivity index is 1.79. The van der Waals surface area contributed by atoms with Crippen LogP contribution in [-0.4, -0.2) is 26.9 Å². The lowest BCUT2D eigenvalue weighted by atomic mass is 10.1. The van der Waals surface area contributed by atoms with Gasteiger partial charge in [0.1, 0.15) is 12.4 Å². The first-order chi connectivity index (χ1) is 10.3. The predicted octanol–water partition coefficient (Wildman–Crippen LogP) is 4.13. The lowest BCUT2D eigenvalue weighted by Crippen LogP contribution is -2.13. The zero-order chi connectivity index (χ0) is 14.9. The minimum atomic E-state index is 0.625. The average Bonchev–Trinajstić information content (AvgIpc) is 2.52. The van der Waals surface area contributed by atoms with Gasteiger partial charge >= 0.3 is 0 Å². The van der Waals surface area contributed by atoms with Crippen LogP contribution in [-0.2, 0) is 11.2 Å². The van der Waals surface area contributed by atoms with E-state index in [9.17, 15) is 0 Å². The van der Waals surface area contributed by atoms with Gasteiger partial charge in [0.15, 0.2) is 0 Å². The maximum Gasteiger partial charge on any atom is 0.119 e. The first kappa shape index (κ1) is 15.9. The van der Waals surface area contributed by atoms with E-state index in [1.165, 1.54) is 5.56 Å². The van der Waals surface area contributed by atoms with Crippen molar-refractivity contribution in [1.82, 2.24) is 0 Å². The molecular formula is C17H20BrNO2. The van der Waals surface area contributed by atoms with E-state index < -0.39 is 0 Å². The molecule has 2 aromatic rings. The molecule has 0 spiro atoms. The fourth-order valence-corrected chi connectivity index (χ4v) is 2.27. The summed E-state index contributed by atoms with van der Waals surface area (Å²) in [6.07, 6.45) is 0.910. The summed E-state index contributed by atoms with van der Waals surface area (Å²) < 4.78 is 11.9. The molecule has 21 heavy (non-hydrogen) atoms. The minimum absolute atomic E-state index is 0.625. The molecule has 0 unspecified atom stereocenters. The third-order valence-corrected chi connectivity index (χ3v) is 3.62. The van der Waals surface area contributed by atoms with E-state index in [2.05, 4.69) is 39.4 Å². The molecule has 3 nitrogen and oxygen atoms in total. The van der Waals surface area contributed by atoms with Crippen LogP contribution in [0.5, 0.6) is 5.75 Å². The molecule has 0 amide bonds. The summed E-state index contributed by atoms with van der Waals surface area (Å²) in [4.78, 5) is 0. The summed E-state index contributed by atoms with van der Waals surface area (Å²) in [5.74, 6) is 0.882. The Morgan fingerprint density at radius 3 is 2.52 bits per heavy atom. The van der Waals surface area contributed by atoms with Gasteiger partial charge in [-0.05, 0) is 42.3 Å². The molecule has 2 aromatic carbocycles. The molecule has 0 atom stereocenters. The van der Waals surface area contributed by atoms with Gasteiger partial charge in [-0.2, -0.15) is 0 Å². The molecule has 4 heteroatoms. The highest BCUT2D eigenvalue weighted by Crippen LogP contribution is 2.17. The Bertz CT molecular complexity index is 543. The Morgan fingerprint density at radius 2 is 1.76 bits per heavy atom. The van der Waals surface area contributed by atoms with Gasteiger partial charge < -0.3 is 14.8 Å². The Kier molecular flexibility index (Phi) is 6.57. The van der Waals surface area contributed by atoms with Crippen molar-refractivity contribution in [3.8, 4) is 5.75 Å². The number of methoxy groups -OCH3 is 1. The van der Waals surface area contributed by atoms with Gasteiger partial charge in [-0.25, -0.2) is 0 Å². The topological polar surface area (TPSA) is 30.5 Å². The van der Waals surface area contributed by atoms with E-state index in [1.54, 1.807) is 7.11 Å². The van der Waals surface area contributed by atoms with Gasteiger partial charge in [0.05, 0.1) is 6.61 Å². The highest BCUT2D eigenvalue weighted by molar-refractivity contribution is 9.10. The van der Waals surface area contributed by atoms with Crippen LogP contribution >= 0.6 is 15.9 Å². The fourth-order valence-electron chi connectivity index (χ4n) is 2.01. The maximum atomic E-state index is 5.70. The van der Waals surface area contributed by atoms with Crippen molar-refractivity contribution in [3.63, 3.8) is 0 Å². The van der Waals surface area contributed by atoms with E-state index >= 15 is 0 Å². The van der Waals surface area contributed by atoms with E-state index in [0.29, 0.717) is 6.61 Å². The summed E-state index contributed by atoms with van der Waals surface area (Å²) in [5.41, 5.74) is 2.41. The number of nitrogens with one attached hydrogen (secondary N) is 1. The second kappa shape index (κ2) is 8.70. The number of hydrogen-bond donors (Lipinski definition) is 1. The van der Waals surface area contributed by atoms with Gasteiger partial charge in [0.2, 0.25) is 0 Å². The Hall–Kier alpha value is -1.52. The third kappa shape index (κ3) is 5.40. The maximum absolute atomic E-state index is 5.70. The van der Waals surface area contributed by atoms with Gasteiger partial charge in [0, 0.05) is 23.8 Å². The Morgan fingerprint density at radius 1 is 1.00 bits per heavy atom. The van der Waals surface area contributed by atoms with Crippen molar-refractivity contribution in [2.45, 2.75) is 6.42 Å². The number of anilines is 1. The van der Waals surface area contributed by atoms with Crippen LogP contribution in [0.3, 0.4) is 0 Å². The van der Waals surface area contributed by atoms with Gasteiger partial charge in [-0.3, -0.25) is 0 Å². The van der Waals surface area contributed by atoms with Crippen LogP contribution in [0.2, 0.25) is 0 Å². The number of hydrogen-bond acceptors (Lipinski definition) is 3. The Labute approximate surface area is 134 Å². The number of para-hydroxylation sites is 1. The van der Waals surface area contributed by atoms with Crippen molar-refractivity contribution in [2.75, 3.05) is 32.2 Å². The first-order valence-corrected chi connectivity index (χ1v) is 7.78. The zero-order valence-corrected chi connectivity index (χ0v) is 13.7. The van der Waals surface area contributed by atoms with E-state index in [1.807, 2.05) is 30.3 Å². The standard InChI is InChI=1S/C17H20BrNO2/c1-20-12-10-14-4-2-3-5-17(14)19-11-13-21-16-8-6-15(18)7-9-16/h2-9,19H,10-13H2,1H3. The molecule has 0 heterocycles. The second-order valence-electron chi connectivity index (χ2n) is 4.63. The van der Waals surface area contributed by atoms with Crippen LogP contribution in [0, 0.1) is 0 Å². The summed E-state index contributed by atoms with van der Waals surface area (Å²) in [6.45, 7) is 2.12.